The van der Waals surface area contributed by atoms with Crippen LogP contribution in [0.5, 0.6) is 5.75 Å². The molecular formula is C15H16N4O6S. The second-order valence-corrected chi connectivity index (χ2v) is 7.01. The molecular weight excluding hydrogens is 364 g/mol. The van der Waals surface area contributed by atoms with Crippen LogP contribution in [0.25, 0.3) is 0 Å². The Morgan fingerprint density at radius 3 is 2.69 bits per heavy atom. The lowest BCUT2D eigenvalue weighted by Crippen LogP contribution is -2.18. The first-order valence-corrected chi connectivity index (χ1v) is 8.74. The Morgan fingerprint density at radius 2 is 2.08 bits per heavy atom. The average Bonchev–Trinajstić information content (AvgIpc) is 2.58. The second kappa shape index (κ2) is 7.45. The van der Waals surface area contributed by atoms with Crippen LogP contribution in [0.1, 0.15) is 22.4 Å². The third kappa shape index (κ3) is 3.95. The number of aliphatic hydroxyl groups excluding tert-OH is 1. The summed E-state index contributed by atoms with van der Waals surface area (Å²) in [5, 5.41) is 33.7. The van der Waals surface area contributed by atoms with Crippen molar-refractivity contribution in [3.05, 3.63) is 56.9 Å². The van der Waals surface area contributed by atoms with Crippen LogP contribution < -0.4 is 4.83 Å². The van der Waals surface area contributed by atoms with Crippen LogP contribution in [0.4, 0.5) is 5.69 Å². The summed E-state index contributed by atoms with van der Waals surface area (Å²) in [5.74, 6) is -0.245. The van der Waals surface area contributed by atoms with Gasteiger partial charge >= 0.3 is 0 Å². The van der Waals surface area contributed by atoms with E-state index in [4.69, 9.17) is 0 Å². The van der Waals surface area contributed by atoms with Gasteiger partial charge in [-0.1, -0.05) is 6.07 Å². The fourth-order valence-electron chi connectivity index (χ4n) is 2.09. The van der Waals surface area contributed by atoms with Crippen molar-refractivity contribution in [2.75, 3.05) is 0 Å². The third-order valence-electron chi connectivity index (χ3n) is 3.58. The zero-order valence-corrected chi connectivity index (χ0v) is 14.7. The molecule has 1 heterocycles. The number of benzene rings is 1. The molecule has 0 aliphatic heterocycles. The molecule has 11 heteroatoms. The summed E-state index contributed by atoms with van der Waals surface area (Å²) in [4.78, 5) is 15.7. The van der Waals surface area contributed by atoms with E-state index in [-0.39, 0.29) is 33.2 Å². The molecule has 1 aromatic heterocycles. The number of aromatic nitrogens is 1. The summed E-state index contributed by atoms with van der Waals surface area (Å²) in [6.45, 7) is 2.59. The van der Waals surface area contributed by atoms with Crippen molar-refractivity contribution < 1.29 is 23.6 Å². The highest BCUT2D eigenvalue weighted by molar-refractivity contribution is 7.89. The zero-order valence-electron chi connectivity index (χ0n) is 13.9. The largest absolute Gasteiger partial charge is 0.505 e. The van der Waals surface area contributed by atoms with Gasteiger partial charge in [-0.15, -0.1) is 0 Å². The van der Waals surface area contributed by atoms with Gasteiger partial charge in [-0.25, -0.2) is 4.83 Å². The predicted octanol–water partition coefficient (Wildman–Crippen LogP) is 1.12. The van der Waals surface area contributed by atoms with Crippen LogP contribution in [0.2, 0.25) is 0 Å². The van der Waals surface area contributed by atoms with Gasteiger partial charge in [-0.2, -0.15) is 13.5 Å². The molecule has 3 N–H and O–H groups in total. The van der Waals surface area contributed by atoms with E-state index < -0.39 is 21.6 Å². The number of aliphatic hydroxyl groups is 1. The maximum atomic E-state index is 12.2. The summed E-state index contributed by atoms with van der Waals surface area (Å²) in [7, 11) is -4.16. The summed E-state index contributed by atoms with van der Waals surface area (Å²) >= 11 is 0. The Bertz CT molecular complexity index is 988. The number of pyridine rings is 1. The summed E-state index contributed by atoms with van der Waals surface area (Å²) in [6.07, 6.45) is 2.35. The van der Waals surface area contributed by atoms with E-state index >= 15 is 0 Å². The fraction of sp³-hybridized carbons (Fsp3) is 0.200. The summed E-state index contributed by atoms with van der Waals surface area (Å²) in [6, 6.07) is 3.46. The van der Waals surface area contributed by atoms with Crippen LogP contribution in [0.3, 0.4) is 0 Å². The smallest absolute Gasteiger partial charge is 0.276 e. The molecule has 0 fully saturated rings. The first-order chi connectivity index (χ1) is 12.2. The molecule has 0 saturated carbocycles. The van der Waals surface area contributed by atoms with Crippen LogP contribution in [0, 0.1) is 24.0 Å². The highest BCUT2D eigenvalue weighted by Gasteiger charge is 2.19. The molecule has 0 spiro atoms. The lowest BCUT2D eigenvalue weighted by molar-refractivity contribution is -0.385. The number of aryl methyl sites for hydroxylation is 2. The molecule has 2 rings (SSSR count). The standard InChI is InChI=1S/C15H16N4O6S/c1-9-3-4-12(5-14(9)19(22)23)26(24,25)18-17-7-13-11(8-20)6-16-10(2)15(13)21/h3-7,18,20-21H,8H2,1-2H3/b17-7+. The number of hydrogen-bond acceptors (Lipinski definition) is 8. The van der Waals surface area contributed by atoms with Crippen LogP contribution in [-0.2, 0) is 16.6 Å². The molecule has 0 bridgehead atoms. The Kier molecular flexibility index (Phi) is 5.53. The van der Waals surface area contributed by atoms with Gasteiger partial charge in [0.25, 0.3) is 15.7 Å². The SMILES string of the molecule is Cc1ccc(S(=O)(=O)N/N=C/c2c(CO)cnc(C)c2O)cc1[N+](=O)[O-]. The molecule has 138 valence electrons. The Morgan fingerprint density at radius 1 is 1.38 bits per heavy atom. The van der Waals surface area contributed by atoms with E-state index in [1.54, 1.807) is 0 Å². The first-order valence-electron chi connectivity index (χ1n) is 7.25. The molecule has 0 aliphatic rings. The number of hydrogen-bond donors (Lipinski definition) is 3. The first kappa shape index (κ1) is 19.3. The number of hydrazone groups is 1. The molecule has 0 aliphatic carbocycles. The van der Waals surface area contributed by atoms with Gasteiger partial charge in [0.2, 0.25) is 0 Å². The van der Waals surface area contributed by atoms with Gasteiger partial charge in [-0.05, 0) is 19.9 Å². The highest BCUT2D eigenvalue weighted by atomic mass is 32.2. The molecule has 1 aromatic carbocycles. The highest BCUT2D eigenvalue weighted by Crippen LogP contribution is 2.23. The van der Waals surface area contributed by atoms with Crippen molar-refractivity contribution in [2.45, 2.75) is 25.3 Å². The monoisotopic (exact) mass is 380 g/mol. The maximum absolute atomic E-state index is 12.2. The number of sulfonamides is 1. The van der Waals surface area contributed by atoms with Crippen molar-refractivity contribution in [3.63, 3.8) is 0 Å². The van der Waals surface area contributed by atoms with Crippen molar-refractivity contribution >= 4 is 21.9 Å². The number of nitrogens with zero attached hydrogens (tertiary/aromatic N) is 3. The van der Waals surface area contributed by atoms with E-state index in [0.29, 0.717) is 5.56 Å². The Hall–Kier alpha value is -3.05. The third-order valence-corrected chi connectivity index (χ3v) is 4.80. The predicted molar refractivity (Wildman–Crippen MR) is 92.3 cm³/mol. The summed E-state index contributed by atoms with van der Waals surface area (Å²) < 4.78 is 24.5. The van der Waals surface area contributed by atoms with Gasteiger partial charge < -0.3 is 10.2 Å². The van der Waals surface area contributed by atoms with Gasteiger partial charge in [-0.3, -0.25) is 15.1 Å². The molecule has 0 unspecified atom stereocenters. The molecule has 26 heavy (non-hydrogen) atoms. The van der Waals surface area contributed by atoms with Gasteiger partial charge in [0.15, 0.2) is 0 Å². The maximum Gasteiger partial charge on any atom is 0.276 e. The van der Waals surface area contributed by atoms with E-state index in [9.17, 15) is 28.7 Å². The van der Waals surface area contributed by atoms with Crippen molar-refractivity contribution in [2.24, 2.45) is 5.10 Å². The quantitative estimate of drug-likeness (QED) is 0.385. The second-order valence-electron chi connectivity index (χ2n) is 5.35. The normalized spacial score (nSPS) is 11.7. The van der Waals surface area contributed by atoms with Crippen molar-refractivity contribution in [3.8, 4) is 5.75 Å². The van der Waals surface area contributed by atoms with Crippen molar-refractivity contribution in [1.29, 1.82) is 0 Å². The topological polar surface area (TPSA) is 155 Å². The zero-order chi connectivity index (χ0) is 19.5. The van der Waals surface area contributed by atoms with Crippen molar-refractivity contribution in [1.82, 2.24) is 9.82 Å². The Balaban J connectivity index is 2.32. The van der Waals surface area contributed by atoms with Crippen LogP contribution in [0.15, 0.2) is 34.4 Å². The minimum absolute atomic E-state index is 0.109. The number of nitro groups is 1. The van der Waals surface area contributed by atoms with E-state index in [0.717, 1.165) is 12.3 Å². The Labute approximate surface area is 149 Å². The molecule has 0 saturated heterocycles. The minimum atomic E-state index is -4.16. The van der Waals surface area contributed by atoms with Gasteiger partial charge in [0.05, 0.1) is 28.3 Å². The number of nitrogens with one attached hydrogen (secondary N) is 1. The summed E-state index contributed by atoms with van der Waals surface area (Å²) in [5.41, 5.74) is 0.629. The van der Waals surface area contributed by atoms with E-state index in [1.807, 2.05) is 4.83 Å². The van der Waals surface area contributed by atoms with Crippen LogP contribution in [-0.4, -0.2) is 34.8 Å². The fourth-order valence-corrected chi connectivity index (χ4v) is 2.90. The lowest BCUT2D eigenvalue weighted by atomic mass is 10.1. The van der Waals surface area contributed by atoms with Gasteiger partial charge in [0.1, 0.15) is 5.75 Å². The molecule has 2 aromatic rings. The molecule has 10 nitrogen and oxygen atoms in total. The average molecular weight is 380 g/mol. The van der Waals surface area contributed by atoms with E-state index in [2.05, 4.69) is 10.1 Å². The number of nitro benzene ring substituents is 1. The van der Waals surface area contributed by atoms with Gasteiger partial charge in [0, 0.05) is 29.0 Å². The molecule has 0 atom stereocenters. The molecule has 0 amide bonds. The minimum Gasteiger partial charge on any atom is -0.505 e. The van der Waals surface area contributed by atoms with Crippen LogP contribution >= 0.6 is 0 Å². The molecule has 0 radical (unpaired) electrons. The number of aromatic hydroxyl groups is 1. The lowest BCUT2D eigenvalue weighted by Gasteiger charge is -2.08. The van der Waals surface area contributed by atoms with E-state index in [1.165, 1.54) is 32.2 Å². The number of rotatable bonds is 6.